The number of benzene rings is 1. The second-order valence-electron chi connectivity index (χ2n) is 7.11. The Hall–Kier alpha value is -2.80. The summed E-state index contributed by atoms with van der Waals surface area (Å²) in [5, 5.41) is 3.30. The van der Waals surface area contributed by atoms with Crippen LogP contribution in [0.5, 0.6) is 5.75 Å². The number of pyridine rings is 1. The van der Waals surface area contributed by atoms with Crippen molar-refractivity contribution in [3.8, 4) is 5.75 Å². The van der Waals surface area contributed by atoms with E-state index >= 15 is 0 Å². The van der Waals surface area contributed by atoms with E-state index in [0.717, 1.165) is 24.4 Å². The van der Waals surface area contributed by atoms with Crippen LogP contribution in [-0.4, -0.2) is 61.0 Å². The second kappa shape index (κ2) is 10.8. The minimum Gasteiger partial charge on any atom is -0.494 e. The third-order valence-corrected chi connectivity index (χ3v) is 5.18. The number of carbonyl (C=O) groups excluding carboxylic acids is 2. The molecule has 1 saturated heterocycles. The Kier molecular flexibility index (Phi) is 7.90. The third kappa shape index (κ3) is 6.10. The molecular weight excluding hydrogens is 404 g/mol. The van der Waals surface area contributed by atoms with Crippen molar-refractivity contribution in [3.05, 3.63) is 53.2 Å². The van der Waals surface area contributed by atoms with Crippen molar-refractivity contribution in [3.63, 3.8) is 0 Å². The first-order valence-corrected chi connectivity index (χ1v) is 10.6. The highest BCUT2D eigenvalue weighted by Crippen LogP contribution is 2.16. The van der Waals surface area contributed by atoms with Crippen LogP contribution >= 0.6 is 11.6 Å². The van der Waals surface area contributed by atoms with Gasteiger partial charge < -0.3 is 19.9 Å². The molecule has 2 aromatic rings. The molecule has 1 aliphatic heterocycles. The Labute approximate surface area is 182 Å². The zero-order chi connectivity index (χ0) is 21.3. The number of rotatable bonds is 8. The first-order chi connectivity index (χ1) is 14.6. The molecule has 0 bridgehead atoms. The van der Waals surface area contributed by atoms with Gasteiger partial charge in [0, 0.05) is 37.9 Å². The van der Waals surface area contributed by atoms with Gasteiger partial charge in [0.1, 0.15) is 11.6 Å². The third-order valence-electron chi connectivity index (χ3n) is 4.95. The molecule has 0 unspecified atom stereocenters. The first kappa shape index (κ1) is 21.9. The molecule has 160 valence electrons. The highest BCUT2D eigenvalue weighted by atomic mass is 35.5. The number of piperazine rings is 1. The zero-order valence-electron chi connectivity index (χ0n) is 17.1. The van der Waals surface area contributed by atoms with Crippen molar-refractivity contribution < 1.29 is 14.3 Å². The van der Waals surface area contributed by atoms with Crippen LogP contribution in [0.3, 0.4) is 0 Å². The number of ether oxygens (including phenoxy) is 1. The number of nitrogens with zero attached hydrogens (tertiary/aromatic N) is 3. The fourth-order valence-electron chi connectivity index (χ4n) is 3.15. The highest BCUT2D eigenvalue weighted by Gasteiger charge is 2.22. The van der Waals surface area contributed by atoms with Crippen LogP contribution in [0.25, 0.3) is 0 Å². The predicted molar refractivity (Wildman–Crippen MR) is 117 cm³/mol. The van der Waals surface area contributed by atoms with Crippen molar-refractivity contribution in [1.29, 1.82) is 0 Å². The molecule has 0 aliphatic carbocycles. The van der Waals surface area contributed by atoms with Gasteiger partial charge in [-0.1, -0.05) is 24.9 Å². The predicted octanol–water partition coefficient (Wildman–Crippen LogP) is 2.99. The van der Waals surface area contributed by atoms with Crippen molar-refractivity contribution >= 4 is 29.2 Å². The molecule has 2 amide bonds. The number of aromatic nitrogens is 1. The van der Waals surface area contributed by atoms with Crippen LogP contribution in [0.1, 0.15) is 30.1 Å². The monoisotopic (exact) mass is 430 g/mol. The maximum absolute atomic E-state index is 12.5. The van der Waals surface area contributed by atoms with Crippen LogP contribution in [0.2, 0.25) is 5.02 Å². The fraction of sp³-hybridized carbons (Fsp3) is 0.409. The average Bonchev–Trinajstić information content (AvgIpc) is 2.78. The van der Waals surface area contributed by atoms with Crippen LogP contribution in [-0.2, 0) is 4.79 Å². The van der Waals surface area contributed by atoms with E-state index in [2.05, 4.69) is 22.1 Å². The summed E-state index contributed by atoms with van der Waals surface area (Å²) in [4.78, 5) is 33.0. The fourth-order valence-corrected chi connectivity index (χ4v) is 3.26. The summed E-state index contributed by atoms with van der Waals surface area (Å²) in [5.74, 6) is 1.23. The van der Waals surface area contributed by atoms with Gasteiger partial charge in [-0.3, -0.25) is 9.59 Å². The van der Waals surface area contributed by atoms with Crippen molar-refractivity contribution in [2.24, 2.45) is 0 Å². The highest BCUT2D eigenvalue weighted by molar-refractivity contribution is 6.30. The number of carbonyl (C=O) groups is 2. The summed E-state index contributed by atoms with van der Waals surface area (Å²) in [5.41, 5.74) is 0.504. The second-order valence-corrected chi connectivity index (χ2v) is 7.55. The molecule has 1 N–H and O–H groups in total. The van der Waals surface area contributed by atoms with E-state index in [-0.39, 0.29) is 18.4 Å². The molecule has 0 spiro atoms. The van der Waals surface area contributed by atoms with Gasteiger partial charge in [-0.15, -0.1) is 0 Å². The minimum atomic E-state index is -0.271. The summed E-state index contributed by atoms with van der Waals surface area (Å²) in [7, 11) is 0. The van der Waals surface area contributed by atoms with Gasteiger partial charge in [0.2, 0.25) is 5.91 Å². The Balaban J connectivity index is 1.42. The summed E-state index contributed by atoms with van der Waals surface area (Å²) < 4.78 is 5.60. The maximum Gasteiger partial charge on any atom is 0.251 e. The average molecular weight is 431 g/mol. The molecule has 1 aromatic heterocycles. The van der Waals surface area contributed by atoms with E-state index in [1.165, 1.54) is 0 Å². The Bertz CT molecular complexity index is 834. The zero-order valence-corrected chi connectivity index (χ0v) is 17.9. The Morgan fingerprint density at radius 3 is 2.47 bits per heavy atom. The molecule has 1 aliphatic rings. The number of unbranched alkanes of at least 4 members (excludes halogenated alkanes) is 1. The van der Waals surface area contributed by atoms with Crippen molar-refractivity contribution in [2.75, 3.05) is 44.2 Å². The summed E-state index contributed by atoms with van der Waals surface area (Å²) in [6.45, 7) is 5.30. The van der Waals surface area contributed by atoms with Crippen LogP contribution < -0.4 is 15.0 Å². The van der Waals surface area contributed by atoms with E-state index in [1.54, 1.807) is 41.4 Å². The molecule has 3 rings (SSSR count). The molecule has 0 saturated carbocycles. The smallest absolute Gasteiger partial charge is 0.251 e. The normalized spacial score (nSPS) is 13.8. The van der Waals surface area contributed by atoms with Gasteiger partial charge in [0.25, 0.3) is 5.91 Å². The van der Waals surface area contributed by atoms with Gasteiger partial charge in [0.05, 0.1) is 18.2 Å². The topological polar surface area (TPSA) is 74.8 Å². The Morgan fingerprint density at radius 1 is 1.10 bits per heavy atom. The Morgan fingerprint density at radius 2 is 1.83 bits per heavy atom. The number of amides is 2. The number of hydrogen-bond acceptors (Lipinski definition) is 5. The molecular formula is C22H27ClN4O3. The van der Waals surface area contributed by atoms with Gasteiger partial charge in [-0.2, -0.15) is 0 Å². The van der Waals surface area contributed by atoms with Gasteiger partial charge in [0.15, 0.2) is 0 Å². The number of hydrogen-bond donors (Lipinski definition) is 1. The summed E-state index contributed by atoms with van der Waals surface area (Å²) >= 11 is 5.88. The summed E-state index contributed by atoms with van der Waals surface area (Å²) in [6.07, 6.45) is 3.68. The molecule has 7 nitrogen and oxygen atoms in total. The van der Waals surface area contributed by atoms with Gasteiger partial charge in [-0.25, -0.2) is 4.98 Å². The molecule has 1 aromatic carbocycles. The van der Waals surface area contributed by atoms with E-state index in [1.807, 2.05) is 6.07 Å². The lowest BCUT2D eigenvalue weighted by molar-refractivity contribution is -0.130. The SMILES string of the molecule is CCCCOc1ccc(C(=O)NCC(=O)N2CCN(c3ccc(Cl)cn3)CC2)cc1. The molecule has 0 radical (unpaired) electrons. The van der Waals surface area contributed by atoms with Crippen molar-refractivity contribution in [1.82, 2.24) is 15.2 Å². The first-order valence-electron chi connectivity index (χ1n) is 10.2. The van der Waals surface area contributed by atoms with E-state index in [9.17, 15) is 9.59 Å². The van der Waals surface area contributed by atoms with Crippen molar-refractivity contribution in [2.45, 2.75) is 19.8 Å². The maximum atomic E-state index is 12.5. The van der Waals surface area contributed by atoms with Crippen LogP contribution in [0, 0.1) is 0 Å². The van der Waals surface area contributed by atoms with E-state index in [4.69, 9.17) is 16.3 Å². The van der Waals surface area contributed by atoms with Crippen LogP contribution in [0.15, 0.2) is 42.6 Å². The molecule has 8 heteroatoms. The van der Waals surface area contributed by atoms with Crippen LogP contribution in [0.4, 0.5) is 5.82 Å². The molecule has 30 heavy (non-hydrogen) atoms. The lowest BCUT2D eigenvalue weighted by Crippen LogP contribution is -2.51. The standard InChI is InChI=1S/C22H27ClN4O3/c1-2-3-14-30-19-7-4-17(5-8-19)22(29)25-16-21(28)27-12-10-26(11-13-27)20-9-6-18(23)15-24-20/h4-9,15H,2-3,10-14,16H2,1H3,(H,25,29). The number of halogens is 1. The van der Waals surface area contributed by atoms with E-state index < -0.39 is 0 Å². The lowest BCUT2D eigenvalue weighted by atomic mass is 10.2. The van der Waals surface area contributed by atoms with Gasteiger partial charge >= 0.3 is 0 Å². The number of nitrogens with one attached hydrogen (secondary N) is 1. The van der Waals surface area contributed by atoms with E-state index in [0.29, 0.717) is 43.4 Å². The quantitative estimate of drug-likeness (QED) is 0.651. The lowest BCUT2D eigenvalue weighted by Gasteiger charge is -2.35. The minimum absolute atomic E-state index is 0.0211. The molecule has 0 atom stereocenters. The molecule has 2 heterocycles. The number of anilines is 1. The molecule has 1 fully saturated rings. The largest absolute Gasteiger partial charge is 0.494 e. The van der Waals surface area contributed by atoms with Gasteiger partial charge in [-0.05, 0) is 42.8 Å². The summed E-state index contributed by atoms with van der Waals surface area (Å²) in [6, 6.07) is 10.6.